The molecule has 1 aliphatic rings. The Labute approximate surface area is 123 Å². The number of nitrogens with zero attached hydrogens (tertiary/aromatic N) is 1. The first-order valence-corrected chi connectivity index (χ1v) is 6.89. The Hall–Kier alpha value is -2.36. The Balaban J connectivity index is 1.78. The summed E-state index contributed by atoms with van der Waals surface area (Å²) in [7, 11) is 1.60. The van der Waals surface area contributed by atoms with Gasteiger partial charge in [-0.15, -0.1) is 0 Å². The second-order valence-electron chi connectivity index (χ2n) is 5.07. The minimum Gasteiger partial charge on any atom is -0.497 e. The van der Waals surface area contributed by atoms with E-state index in [4.69, 9.17) is 4.74 Å². The average molecular weight is 285 g/mol. The number of hydrogen-bond acceptors (Lipinski definition) is 2. The predicted octanol–water partition coefficient (Wildman–Crippen LogP) is 2.97. The highest BCUT2D eigenvalue weighted by Gasteiger charge is 2.27. The maximum atomic E-state index is 13.9. The number of anilines is 1. The van der Waals surface area contributed by atoms with Gasteiger partial charge in [-0.2, -0.15) is 0 Å². The third kappa shape index (κ3) is 2.61. The molecule has 0 aliphatic carbocycles. The van der Waals surface area contributed by atoms with Crippen LogP contribution in [0.2, 0.25) is 0 Å². The fraction of sp³-hybridized carbons (Fsp3) is 0.235. The molecule has 1 heterocycles. The standard InChI is InChI=1S/C17H16FNO2/c1-21-14-7-5-12(6-8-14)11-16(20)19-10-9-13-3-2-4-15(18)17(13)19/h2-8H,9-11H2,1H3. The van der Waals surface area contributed by atoms with Gasteiger partial charge in [0, 0.05) is 6.54 Å². The van der Waals surface area contributed by atoms with Crippen LogP contribution in [-0.2, 0) is 17.6 Å². The second kappa shape index (κ2) is 5.56. The Morgan fingerprint density at radius 3 is 2.71 bits per heavy atom. The number of hydrogen-bond donors (Lipinski definition) is 0. The van der Waals surface area contributed by atoms with Crippen molar-refractivity contribution in [2.75, 3.05) is 18.6 Å². The van der Waals surface area contributed by atoms with E-state index in [0.717, 1.165) is 16.9 Å². The minimum absolute atomic E-state index is 0.0796. The molecule has 2 aromatic carbocycles. The van der Waals surface area contributed by atoms with E-state index in [1.165, 1.54) is 6.07 Å². The summed E-state index contributed by atoms with van der Waals surface area (Å²) in [5.41, 5.74) is 2.24. The average Bonchev–Trinajstić information content (AvgIpc) is 2.93. The Bertz CT molecular complexity index is 667. The van der Waals surface area contributed by atoms with Crippen molar-refractivity contribution < 1.29 is 13.9 Å². The van der Waals surface area contributed by atoms with Crippen LogP contribution in [0, 0.1) is 5.82 Å². The summed E-state index contributed by atoms with van der Waals surface area (Å²) in [5.74, 6) is 0.348. The number of methoxy groups -OCH3 is 1. The molecule has 0 spiro atoms. The number of para-hydroxylation sites is 1. The van der Waals surface area contributed by atoms with Gasteiger partial charge in [0.25, 0.3) is 0 Å². The monoisotopic (exact) mass is 285 g/mol. The zero-order chi connectivity index (χ0) is 14.8. The van der Waals surface area contributed by atoms with Crippen LogP contribution in [0.4, 0.5) is 10.1 Å². The number of carbonyl (C=O) groups excluding carboxylic acids is 1. The molecular formula is C17H16FNO2. The van der Waals surface area contributed by atoms with Crippen LogP contribution in [0.1, 0.15) is 11.1 Å². The van der Waals surface area contributed by atoms with E-state index in [1.54, 1.807) is 18.1 Å². The minimum atomic E-state index is -0.326. The molecule has 1 amide bonds. The SMILES string of the molecule is COc1ccc(CC(=O)N2CCc3cccc(F)c32)cc1. The smallest absolute Gasteiger partial charge is 0.231 e. The van der Waals surface area contributed by atoms with Crippen LogP contribution in [-0.4, -0.2) is 19.6 Å². The summed E-state index contributed by atoms with van der Waals surface area (Å²) in [5, 5.41) is 0. The molecule has 1 aliphatic heterocycles. The maximum Gasteiger partial charge on any atom is 0.231 e. The van der Waals surface area contributed by atoms with Crippen molar-refractivity contribution in [3.8, 4) is 5.75 Å². The summed E-state index contributed by atoms with van der Waals surface area (Å²) in [6.07, 6.45) is 0.971. The van der Waals surface area contributed by atoms with Crippen LogP contribution in [0.25, 0.3) is 0 Å². The molecule has 2 aromatic rings. The van der Waals surface area contributed by atoms with Crippen molar-refractivity contribution in [2.24, 2.45) is 0 Å². The van der Waals surface area contributed by atoms with Crippen molar-refractivity contribution in [1.29, 1.82) is 0 Å². The Morgan fingerprint density at radius 2 is 2.00 bits per heavy atom. The van der Waals surface area contributed by atoms with Crippen molar-refractivity contribution >= 4 is 11.6 Å². The number of carbonyl (C=O) groups is 1. The molecule has 4 heteroatoms. The van der Waals surface area contributed by atoms with E-state index in [0.29, 0.717) is 18.7 Å². The van der Waals surface area contributed by atoms with Crippen LogP contribution in [0.15, 0.2) is 42.5 Å². The molecule has 0 radical (unpaired) electrons. The summed E-state index contributed by atoms with van der Waals surface area (Å²) < 4.78 is 19.0. The lowest BCUT2D eigenvalue weighted by Crippen LogP contribution is -2.30. The molecule has 21 heavy (non-hydrogen) atoms. The third-order valence-corrected chi connectivity index (χ3v) is 3.76. The maximum absolute atomic E-state index is 13.9. The zero-order valence-corrected chi connectivity index (χ0v) is 11.8. The largest absolute Gasteiger partial charge is 0.497 e. The van der Waals surface area contributed by atoms with Crippen LogP contribution in [0.5, 0.6) is 5.75 Å². The number of benzene rings is 2. The molecule has 3 nitrogen and oxygen atoms in total. The molecule has 0 fully saturated rings. The molecule has 108 valence electrons. The topological polar surface area (TPSA) is 29.5 Å². The van der Waals surface area contributed by atoms with Crippen molar-refractivity contribution in [3.05, 3.63) is 59.4 Å². The van der Waals surface area contributed by atoms with E-state index < -0.39 is 0 Å². The number of amides is 1. The fourth-order valence-electron chi connectivity index (χ4n) is 2.67. The molecule has 0 bridgehead atoms. The van der Waals surface area contributed by atoms with Gasteiger partial charge in [-0.1, -0.05) is 24.3 Å². The Kier molecular flexibility index (Phi) is 3.60. The summed E-state index contributed by atoms with van der Waals surface area (Å²) >= 11 is 0. The highest BCUT2D eigenvalue weighted by molar-refractivity contribution is 5.96. The number of halogens is 1. The molecule has 0 N–H and O–H groups in total. The van der Waals surface area contributed by atoms with E-state index in [-0.39, 0.29) is 18.1 Å². The molecule has 3 rings (SSSR count). The van der Waals surface area contributed by atoms with E-state index in [9.17, 15) is 9.18 Å². The normalized spacial score (nSPS) is 13.1. The lowest BCUT2D eigenvalue weighted by Gasteiger charge is -2.18. The van der Waals surface area contributed by atoms with E-state index in [2.05, 4.69) is 0 Å². The highest BCUT2D eigenvalue weighted by atomic mass is 19.1. The van der Waals surface area contributed by atoms with Gasteiger partial charge in [0.1, 0.15) is 11.6 Å². The summed E-state index contributed by atoms with van der Waals surface area (Å²) in [4.78, 5) is 14.0. The van der Waals surface area contributed by atoms with Crippen LogP contribution < -0.4 is 9.64 Å². The quantitative estimate of drug-likeness (QED) is 0.867. The van der Waals surface area contributed by atoms with Gasteiger partial charge in [-0.05, 0) is 35.7 Å². The van der Waals surface area contributed by atoms with Gasteiger partial charge in [0.15, 0.2) is 0 Å². The van der Waals surface area contributed by atoms with Crippen LogP contribution in [0.3, 0.4) is 0 Å². The lowest BCUT2D eigenvalue weighted by molar-refractivity contribution is -0.117. The Morgan fingerprint density at radius 1 is 1.24 bits per heavy atom. The number of rotatable bonds is 3. The highest BCUT2D eigenvalue weighted by Crippen LogP contribution is 2.31. The predicted molar refractivity (Wildman–Crippen MR) is 79.2 cm³/mol. The number of fused-ring (bicyclic) bond motifs is 1. The molecule has 0 atom stereocenters. The molecule has 0 saturated carbocycles. The fourth-order valence-corrected chi connectivity index (χ4v) is 2.67. The van der Waals surface area contributed by atoms with E-state index >= 15 is 0 Å². The summed E-state index contributed by atoms with van der Waals surface area (Å²) in [6.45, 7) is 0.547. The zero-order valence-electron chi connectivity index (χ0n) is 11.8. The van der Waals surface area contributed by atoms with Gasteiger partial charge in [0.05, 0.1) is 19.2 Å². The first kappa shape index (κ1) is 13.6. The number of ether oxygens (including phenoxy) is 1. The van der Waals surface area contributed by atoms with Crippen molar-refractivity contribution in [3.63, 3.8) is 0 Å². The van der Waals surface area contributed by atoms with Crippen molar-refractivity contribution in [1.82, 2.24) is 0 Å². The molecule has 0 saturated heterocycles. The molecular weight excluding hydrogens is 269 g/mol. The van der Waals surface area contributed by atoms with Crippen LogP contribution >= 0.6 is 0 Å². The lowest BCUT2D eigenvalue weighted by atomic mass is 10.1. The third-order valence-electron chi connectivity index (χ3n) is 3.76. The van der Waals surface area contributed by atoms with E-state index in [1.807, 2.05) is 30.3 Å². The molecule has 0 unspecified atom stereocenters. The van der Waals surface area contributed by atoms with Gasteiger partial charge < -0.3 is 9.64 Å². The first-order valence-electron chi connectivity index (χ1n) is 6.89. The first-order chi connectivity index (χ1) is 10.2. The van der Waals surface area contributed by atoms with Gasteiger partial charge in [-0.25, -0.2) is 4.39 Å². The van der Waals surface area contributed by atoms with Crippen molar-refractivity contribution in [2.45, 2.75) is 12.8 Å². The summed E-state index contributed by atoms with van der Waals surface area (Å²) in [6, 6.07) is 12.3. The molecule has 0 aromatic heterocycles. The second-order valence-corrected chi connectivity index (χ2v) is 5.07. The van der Waals surface area contributed by atoms with Gasteiger partial charge in [0.2, 0.25) is 5.91 Å². The van der Waals surface area contributed by atoms with Gasteiger partial charge >= 0.3 is 0 Å². The van der Waals surface area contributed by atoms with Gasteiger partial charge in [-0.3, -0.25) is 4.79 Å².